The van der Waals surface area contributed by atoms with Crippen LogP contribution in [0.25, 0.3) is 0 Å². The number of carbonyl (C=O) groups excluding carboxylic acids is 3. The lowest BCUT2D eigenvalue weighted by molar-refractivity contribution is -0.145. The molecular weight excluding hydrogens is 438 g/mol. The summed E-state index contributed by atoms with van der Waals surface area (Å²) < 4.78 is 0. The molecule has 13 heteroatoms. The molecule has 0 fully saturated rings. The number of rotatable bonds is 16. The van der Waals surface area contributed by atoms with Crippen LogP contribution in [0, 0.1) is 5.92 Å². The molecule has 0 aliphatic rings. The van der Waals surface area contributed by atoms with Gasteiger partial charge in [-0.2, -0.15) is 0 Å². The lowest BCUT2D eigenvalue weighted by Crippen LogP contribution is -2.58. The van der Waals surface area contributed by atoms with E-state index < -0.39 is 66.4 Å². The van der Waals surface area contributed by atoms with Gasteiger partial charge in [0, 0.05) is 0 Å². The van der Waals surface area contributed by atoms with E-state index in [2.05, 4.69) is 16.0 Å². The van der Waals surface area contributed by atoms with E-state index in [-0.39, 0.29) is 12.3 Å². The summed E-state index contributed by atoms with van der Waals surface area (Å²) in [4.78, 5) is 60.3. The molecule has 6 atom stereocenters. The first kappa shape index (κ1) is 30.2. The molecule has 0 radical (unpaired) electrons. The molecule has 33 heavy (non-hydrogen) atoms. The lowest BCUT2D eigenvalue weighted by atomic mass is 9.99. The van der Waals surface area contributed by atoms with Gasteiger partial charge in [0.1, 0.15) is 12.1 Å². The van der Waals surface area contributed by atoms with E-state index in [1.54, 1.807) is 6.92 Å². The van der Waals surface area contributed by atoms with Gasteiger partial charge in [-0.15, -0.1) is 0 Å². The standard InChI is InChI=1S/C20H37N5O8/c1-4-10(2)15(22)19(31)24-13(9-14(27)28)18(30)23-12(7-5-6-8-21)17(29)25-16(11(3)26)20(32)33/h10-13,15-16,26H,4-9,21-22H2,1-3H3,(H,23,30)(H,24,31)(H,25,29)(H,27,28)(H,32,33). The van der Waals surface area contributed by atoms with Gasteiger partial charge in [0.15, 0.2) is 6.04 Å². The van der Waals surface area contributed by atoms with E-state index in [0.29, 0.717) is 25.8 Å². The van der Waals surface area contributed by atoms with E-state index in [9.17, 15) is 34.2 Å². The second-order valence-corrected chi connectivity index (χ2v) is 7.98. The highest BCUT2D eigenvalue weighted by Gasteiger charge is 2.33. The molecule has 0 aromatic heterocycles. The molecule has 6 unspecified atom stereocenters. The van der Waals surface area contributed by atoms with Crippen molar-refractivity contribution >= 4 is 29.7 Å². The lowest BCUT2D eigenvalue weighted by Gasteiger charge is -2.26. The highest BCUT2D eigenvalue weighted by atomic mass is 16.4. The number of carboxylic acids is 2. The van der Waals surface area contributed by atoms with Gasteiger partial charge in [0.2, 0.25) is 17.7 Å². The summed E-state index contributed by atoms with van der Waals surface area (Å²) in [6, 6.07) is -5.34. The third kappa shape index (κ3) is 11.1. The Balaban J connectivity index is 5.56. The molecule has 0 aromatic carbocycles. The average Bonchev–Trinajstić information content (AvgIpc) is 2.73. The van der Waals surface area contributed by atoms with Crippen molar-refractivity contribution in [1.82, 2.24) is 16.0 Å². The third-order valence-corrected chi connectivity index (χ3v) is 5.20. The maximum Gasteiger partial charge on any atom is 0.328 e. The summed E-state index contributed by atoms with van der Waals surface area (Å²) in [6.45, 7) is 5.05. The van der Waals surface area contributed by atoms with Gasteiger partial charge in [0.25, 0.3) is 0 Å². The van der Waals surface area contributed by atoms with Crippen LogP contribution in [0.1, 0.15) is 52.9 Å². The highest BCUT2D eigenvalue weighted by Crippen LogP contribution is 2.08. The zero-order chi connectivity index (χ0) is 25.7. The van der Waals surface area contributed by atoms with Gasteiger partial charge >= 0.3 is 11.9 Å². The van der Waals surface area contributed by atoms with E-state index in [4.69, 9.17) is 16.6 Å². The van der Waals surface area contributed by atoms with Crippen molar-refractivity contribution in [2.24, 2.45) is 17.4 Å². The minimum atomic E-state index is -1.62. The predicted molar refractivity (Wildman–Crippen MR) is 118 cm³/mol. The number of hydrogen-bond acceptors (Lipinski definition) is 8. The van der Waals surface area contributed by atoms with Crippen LogP contribution in [0.4, 0.5) is 0 Å². The Morgan fingerprint density at radius 2 is 1.42 bits per heavy atom. The maximum absolute atomic E-state index is 12.8. The Hall–Kier alpha value is -2.77. The van der Waals surface area contributed by atoms with E-state index in [1.165, 1.54) is 6.92 Å². The molecule has 0 rings (SSSR count). The van der Waals surface area contributed by atoms with Crippen molar-refractivity contribution < 1.29 is 39.3 Å². The summed E-state index contributed by atoms with van der Waals surface area (Å²) in [5.41, 5.74) is 11.3. The molecule has 0 heterocycles. The summed E-state index contributed by atoms with van der Waals surface area (Å²) in [6.07, 6.45) is -0.600. The summed E-state index contributed by atoms with van der Waals surface area (Å²) in [5, 5.41) is 34.7. The van der Waals surface area contributed by atoms with Crippen LogP contribution in [0.5, 0.6) is 0 Å². The number of carboxylic acid groups (broad SMARTS) is 2. The predicted octanol–water partition coefficient (Wildman–Crippen LogP) is -2.12. The van der Waals surface area contributed by atoms with Gasteiger partial charge in [-0.25, -0.2) is 4.79 Å². The second-order valence-electron chi connectivity index (χ2n) is 7.98. The van der Waals surface area contributed by atoms with Crippen LogP contribution in [-0.4, -0.2) is 81.8 Å². The first-order chi connectivity index (χ1) is 15.3. The highest BCUT2D eigenvalue weighted by molar-refractivity contribution is 5.95. The van der Waals surface area contributed by atoms with Crippen LogP contribution in [-0.2, 0) is 24.0 Å². The minimum Gasteiger partial charge on any atom is -0.481 e. The largest absolute Gasteiger partial charge is 0.481 e. The van der Waals surface area contributed by atoms with Crippen molar-refractivity contribution in [3.05, 3.63) is 0 Å². The van der Waals surface area contributed by atoms with Gasteiger partial charge in [0.05, 0.1) is 18.6 Å². The quantitative estimate of drug-likeness (QED) is 0.113. The summed E-state index contributed by atoms with van der Waals surface area (Å²) in [7, 11) is 0. The maximum atomic E-state index is 12.8. The fourth-order valence-electron chi connectivity index (χ4n) is 2.84. The number of aliphatic hydroxyl groups is 1. The first-order valence-electron chi connectivity index (χ1n) is 10.8. The van der Waals surface area contributed by atoms with Crippen LogP contribution >= 0.6 is 0 Å². The number of unbranched alkanes of at least 4 members (excludes halogenated alkanes) is 1. The Bertz CT molecular complexity index is 687. The fourth-order valence-corrected chi connectivity index (χ4v) is 2.84. The Kier molecular flexibility index (Phi) is 13.9. The molecule has 0 aliphatic carbocycles. The fraction of sp³-hybridized carbons (Fsp3) is 0.750. The van der Waals surface area contributed by atoms with Crippen molar-refractivity contribution in [2.45, 2.75) is 83.1 Å². The molecule has 190 valence electrons. The third-order valence-electron chi connectivity index (χ3n) is 5.20. The molecule has 3 amide bonds. The molecule has 10 N–H and O–H groups in total. The zero-order valence-corrected chi connectivity index (χ0v) is 19.2. The van der Waals surface area contributed by atoms with E-state index >= 15 is 0 Å². The normalized spacial score (nSPS) is 16.4. The first-order valence-corrected chi connectivity index (χ1v) is 10.8. The van der Waals surface area contributed by atoms with E-state index in [0.717, 1.165) is 0 Å². The van der Waals surface area contributed by atoms with Gasteiger partial charge in [-0.05, 0) is 38.6 Å². The molecule has 0 saturated heterocycles. The topological polar surface area (TPSA) is 234 Å². The van der Waals surface area contributed by atoms with Crippen LogP contribution in [0.3, 0.4) is 0 Å². The minimum absolute atomic E-state index is 0.0705. The SMILES string of the molecule is CCC(C)C(N)C(=O)NC(CC(=O)O)C(=O)NC(CCCCN)C(=O)NC(C(=O)O)C(C)O. The van der Waals surface area contributed by atoms with Gasteiger partial charge in [-0.3, -0.25) is 19.2 Å². The summed E-state index contributed by atoms with van der Waals surface area (Å²) >= 11 is 0. The number of nitrogens with one attached hydrogen (secondary N) is 3. The second kappa shape index (κ2) is 15.1. The number of amides is 3. The van der Waals surface area contributed by atoms with Crippen molar-refractivity contribution in [2.75, 3.05) is 6.54 Å². The Labute approximate surface area is 192 Å². The van der Waals surface area contributed by atoms with Crippen LogP contribution in [0.2, 0.25) is 0 Å². The molecule has 0 spiro atoms. The number of aliphatic hydroxyl groups excluding tert-OH is 1. The van der Waals surface area contributed by atoms with Crippen molar-refractivity contribution in [1.29, 1.82) is 0 Å². The molecule has 0 saturated carbocycles. The number of aliphatic carboxylic acids is 2. The van der Waals surface area contributed by atoms with Gasteiger partial charge in [-0.1, -0.05) is 20.3 Å². The smallest absolute Gasteiger partial charge is 0.328 e. The molecule has 0 aromatic rings. The van der Waals surface area contributed by atoms with Crippen LogP contribution in [0.15, 0.2) is 0 Å². The summed E-state index contributed by atoms with van der Waals surface area (Å²) in [5.74, 6) is -5.60. The zero-order valence-electron chi connectivity index (χ0n) is 19.2. The number of nitrogens with two attached hydrogens (primary N) is 2. The van der Waals surface area contributed by atoms with E-state index in [1.807, 2.05) is 6.92 Å². The average molecular weight is 476 g/mol. The Morgan fingerprint density at radius 1 is 0.879 bits per heavy atom. The monoisotopic (exact) mass is 475 g/mol. The molecule has 0 bridgehead atoms. The van der Waals surface area contributed by atoms with Gasteiger partial charge < -0.3 is 42.7 Å². The Morgan fingerprint density at radius 3 is 1.88 bits per heavy atom. The molecule has 0 aliphatic heterocycles. The van der Waals surface area contributed by atoms with Crippen molar-refractivity contribution in [3.8, 4) is 0 Å². The number of carbonyl (C=O) groups is 5. The molecule has 13 nitrogen and oxygen atoms in total. The number of hydrogen-bond donors (Lipinski definition) is 8. The van der Waals surface area contributed by atoms with Crippen molar-refractivity contribution in [3.63, 3.8) is 0 Å². The molecular formula is C20H37N5O8. The van der Waals surface area contributed by atoms with Crippen LogP contribution < -0.4 is 27.4 Å².